The maximum atomic E-state index is 11.7. The number of aliphatic hydroxyl groups excluding tert-OH is 1. The number of likely N-dealkylation sites (tertiary alicyclic amines) is 1. The fourth-order valence-electron chi connectivity index (χ4n) is 2.04. The van der Waals surface area contributed by atoms with Gasteiger partial charge in [-0.15, -0.1) is 0 Å². The van der Waals surface area contributed by atoms with Gasteiger partial charge in [-0.3, -0.25) is 4.89 Å². The smallest absolute Gasteiger partial charge is 0.394 e. The van der Waals surface area contributed by atoms with Crippen molar-refractivity contribution in [2.24, 2.45) is 0 Å². The molecule has 1 saturated heterocycles. The lowest BCUT2D eigenvalue weighted by Gasteiger charge is -2.20. The van der Waals surface area contributed by atoms with Crippen LogP contribution in [0, 0.1) is 0 Å². The molecule has 1 aliphatic rings. The van der Waals surface area contributed by atoms with Crippen molar-refractivity contribution < 1.29 is 19.7 Å². The van der Waals surface area contributed by atoms with E-state index in [2.05, 4.69) is 0 Å². The van der Waals surface area contributed by atoms with Crippen molar-refractivity contribution in [2.75, 3.05) is 13.2 Å². The Morgan fingerprint density at radius 1 is 1.39 bits per heavy atom. The Hall–Kier alpha value is -1.59. The van der Waals surface area contributed by atoms with Gasteiger partial charge in [-0.05, 0) is 18.4 Å². The Morgan fingerprint density at radius 3 is 2.89 bits per heavy atom. The number of amides is 1. The van der Waals surface area contributed by atoms with E-state index in [1.807, 2.05) is 30.3 Å². The van der Waals surface area contributed by atoms with E-state index >= 15 is 0 Å². The van der Waals surface area contributed by atoms with E-state index in [1.54, 1.807) is 0 Å². The van der Waals surface area contributed by atoms with Gasteiger partial charge < -0.3 is 10.0 Å². The van der Waals surface area contributed by atoms with E-state index in [0.29, 0.717) is 6.54 Å². The summed E-state index contributed by atoms with van der Waals surface area (Å²) in [7, 11) is 0. The molecule has 0 aliphatic carbocycles. The average Bonchev–Trinajstić information content (AvgIpc) is 2.88. The SMILES string of the molecule is O=C(OOCc1ccccc1)N1CCC[C@H]1CO. The van der Waals surface area contributed by atoms with Gasteiger partial charge in [0, 0.05) is 6.54 Å². The van der Waals surface area contributed by atoms with Crippen molar-refractivity contribution in [3.05, 3.63) is 35.9 Å². The highest BCUT2D eigenvalue weighted by molar-refractivity contribution is 5.67. The van der Waals surface area contributed by atoms with E-state index in [0.717, 1.165) is 18.4 Å². The van der Waals surface area contributed by atoms with Gasteiger partial charge in [0.15, 0.2) is 0 Å². The third kappa shape index (κ3) is 3.21. The Bertz CT molecular complexity index is 382. The summed E-state index contributed by atoms with van der Waals surface area (Å²) in [5.74, 6) is 0. The number of carbonyl (C=O) groups excluding carboxylic acids is 1. The van der Waals surface area contributed by atoms with Crippen molar-refractivity contribution in [1.29, 1.82) is 0 Å². The van der Waals surface area contributed by atoms with Gasteiger partial charge in [-0.1, -0.05) is 30.3 Å². The third-order valence-corrected chi connectivity index (χ3v) is 3.02. The van der Waals surface area contributed by atoms with E-state index in [9.17, 15) is 4.79 Å². The number of hydrogen-bond acceptors (Lipinski definition) is 4. The molecule has 5 heteroatoms. The van der Waals surface area contributed by atoms with Crippen LogP contribution in [-0.4, -0.2) is 35.3 Å². The van der Waals surface area contributed by atoms with E-state index in [-0.39, 0.29) is 19.3 Å². The normalized spacial score (nSPS) is 18.9. The van der Waals surface area contributed by atoms with Crippen LogP contribution in [0.2, 0.25) is 0 Å². The predicted molar refractivity (Wildman–Crippen MR) is 64.5 cm³/mol. The van der Waals surface area contributed by atoms with Crippen LogP contribution in [-0.2, 0) is 16.4 Å². The zero-order chi connectivity index (χ0) is 12.8. The second-order valence-corrected chi connectivity index (χ2v) is 4.27. The van der Waals surface area contributed by atoms with Gasteiger partial charge in [0.25, 0.3) is 0 Å². The number of benzene rings is 1. The first kappa shape index (κ1) is 12.9. The second-order valence-electron chi connectivity index (χ2n) is 4.27. The maximum Gasteiger partial charge on any atom is 0.441 e. The van der Waals surface area contributed by atoms with Crippen LogP contribution < -0.4 is 0 Å². The minimum absolute atomic E-state index is 0.0339. The standard InChI is InChI=1S/C13H17NO4/c15-9-12-7-4-8-14(12)13(16)18-17-10-11-5-2-1-3-6-11/h1-3,5-6,12,15H,4,7-10H2/t12-/m0/s1. The second kappa shape index (κ2) is 6.37. The highest BCUT2D eigenvalue weighted by atomic mass is 17.2. The largest absolute Gasteiger partial charge is 0.441 e. The van der Waals surface area contributed by atoms with Gasteiger partial charge in [0.2, 0.25) is 0 Å². The molecule has 1 fully saturated rings. The molecule has 2 rings (SSSR count). The van der Waals surface area contributed by atoms with Crippen molar-refractivity contribution in [1.82, 2.24) is 4.90 Å². The zero-order valence-electron chi connectivity index (χ0n) is 10.1. The van der Waals surface area contributed by atoms with Crippen LogP contribution in [0.5, 0.6) is 0 Å². The summed E-state index contributed by atoms with van der Waals surface area (Å²) in [6.07, 6.45) is 1.17. The summed E-state index contributed by atoms with van der Waals surface area (Å²) >= 11 is 0. The molecule has 5 nitrogen and oxygen atoms in total. The molecule has 1 amide bonds. The number of nitrogens with zero attached hydrogens (tertiary/aromatic N) is 1. The molecule has 0 radical (unpaired) electrons. The first-order valence-corrected chi connectivity index (χ1v) is 6.06. The minimum Gasteiger partial charge on any atom is -0.394 e. The van der Waals surface area contributed by atoms with Crippen LogP contribution in [0.15, 0.2) is 30.3 Å². The summed E-state index contributed by atoms with van der Waals surface area (Å²) in [5.41, 5.74) is 0.936. The molecule has 0 spiro atoms. The molecule has 98 valence electrons. The van der Waals surface area contributed by atoms with Crippen LogP contribution in [0.4, 0.5) is 4.79 Å². The lowest BCUT2D eigenvalue weighted by molar-refractivity contribution is -0.256. The van der Waals surface area contributed by atoms with Crippen LogP contribution in [0.25, 0.3) is 0 Å². The Balaban J connectivity index is 1.75. The molecule has 0 saturated carbocycles. The lowest BCUT2D eigenvalue weighted by Crippen LogP contribution is -2.37. The molecular formula is C13H17NO4. The maximum absolute atomic E-state index is 11.7. The van der Waals surface area contributed by atoms with Crippen molar-refractivity contribution >= 4 is 6.09 Å². The number of hydrogen-bond donors (Lipinski definition) is 1. The molecule has 0 aromatic heterocycles. The lowest BCUT2D eigenvalue weighted by atomic mass is 10.2. The van der Waals surface area contributed by atoms with Crippen LogP contribution in [0.3, 0.4) is 0 Å². The Morgan fingerprint density at radius 2 is 2.17 bits per heavy atom. The monoisotopic (exact) mass is 251 g/mol. The summed E-state index contributed by atoms with van der Waals surface area (Å²) in [6.45, 7) is 0.802. The number of carbonyl (C=O) groups is 1. The number of aliphatic hydroxyl groups is 1. The van der Waals surface area contributed by atoms with Gasteiger partial charge in [-0.25, -0.2) is 4.79 Å². The van der Waals surface area contributed by atoms with Gasteiger partial charge in [0.05, 0.1) is 12.6 Å². The minimum atomic E-state index is -0.525. The van der Waals surface area contributed by atoms with Crippen LogP contribution in [0.1, 0.15) is 18.4 Å². The zero-order valence-corrected chi connectivity index (χ0v) is 10.1. The molecule has 0 unspecified atom stereocenters. The highest BCUT2D eigenvalue weighted by Crippen LogP contribution is 2.17. The van der Waals surface area contributed by atoms with Crippen molar-refractivity contribution in [2.45, 2.75) is 25.5 Å². The first-order valence-electron chi connectivity index (χ1n) is 6.06. The van der Waals surface area contributed by atoms with Crippen molar-refractivity contribution in [3.63, 3.8) is 0 Å². The highest BCUT2D eigenvalue weighted by Gasteiger charge is 2.29. The topological polar surface area (TPSA) is 59.0 Å². The molecule has 1 aromatic carbocycles. The first-order chi connectivity index (χ1) is 8.81. The number of rotatable bonds is 4. The fourth-order valence-corrected chi connectivity index (χ4v) is 2.04. The average molecular weight is 251 g/mol. The molecule has 1 aliphatic heterocycles. The summed E-state index contributed by atoms with van der Waals surface area (Å²) < 4.78 is 0. The van der Waals surface area contributed by atoms with E-state index in [1.165, 1.54) is 4.90 Å². The Labute approximate surface area is 106 Å². The molecule has 18 heavy (non-hydrogen) atoms. The quantitative estimate of drug-likeness (QED) is 0.653. The van der Waals surface area contributed by atoms with E-state index < -0.39 is 6.09 Å². The fraction of sp³-hybridized carbons (Fsp3) is 0.462. The van der Waals surface area contributed by atoms with Gasteiger partial charge in [-0.2, -0.15) is 4.89 Å². The van der Waals surface area contributed by atoms with Gasteiger partial charge >= 0.3 is 6.09 Å². The summed E-state index contributed by atoms with van der Waals surface area (Å²) in [4.78, 5) is 22.8. The van der Waals surface area contributed by atoms with Crippen molar-refractivity contribution in [3.8, 4) is 0 Å². The molecule has 1 N–H and O–H groups in total. The molecule has 1 heterocycles. The molecule has 1 aromatic rings. The predicted octanol–water partition coefficient (Wildman–Crippen LogP) is 1.71. The molecule has 1 atom stereocenters. The molecular weight excluding hydrogens is 234 g/mol. The third-order valence-electron chi connectivity index (χ3n) is 3.02. The van der Waals surface area contributed by atoms with E-state index in [4.69, 9.17) is 14.9 Å². The summed E-state index contributed by atoms with van der Waals surface area (Å²) in [6, 6.07) is 9.33. The molecule has 0 bridgehead atoms. The van der Waals surface area contributed by atoms with Gasteiger partial charge in [0.1, 0.15) is 6.61 Å². The Kier molecular flexibility index (Phi) is 4.55. The summed E-state index contributed by atoms with van der Waals surface area (Å²) in [5, 5.41) is 9.10. The van der Waals surface area contributed by atoms with Crippen LogP contribution >= 0.6 is 0 Å².